The summed E-state index contributed by atoms with van der Waals surface area (Å²) >= 11 is 0. The summed E-state index contributed by atoms with van der Waals surface area (Å²) in [6.45, 7) is 4.93. The van der Waals surface area contributed by atoms with Gasteiger partial charge in [-0.15, -0.1) is 0 Å². The Labute approximate surface area is 475 Å². The van der Waals surface area contributed by atoms with E-state index in [0.717, 1.165) is 44.9 Å². The molecule has 0 spiro atoms. The lowest BCUT2D eigenvalue weighted by Gasteiger charge is -2.20. The van der Waals surface area contributed by atoms with Gasteiger partial charge in [0.2, 0.25) is 5.91 Å². The molecule has 0 radical (unpaired) electrons. The fraction of sp³-hybridized carbons (Fsp3) is 0.914. The summed E-state index contributed by atoms with van der Waals surface area (Å²) in [6, 6.07) is -0.628. The summed E-state index contributed by atoms with van der Waals surface area (Å²) in [4.78, 5) is 24.6. The van der Waals surface area contributed by atoms with Crippen LogP contribution in [0.15, 0.2) is 24.3 Å². The van der Waals surface area contributed by atoms with Gasteiger partial charge in [-0.05, 0) is 57.8 Å². The molecule has 2 atom stereocenters. The van der Waals surface area contributed by atoms with Crippen LogP contribution in [0, 0.1) is 0 Å². The van der Waals surface area contributed by atoms with Crippen LogP contribution in [0.2, 0.25) is 0 Å². The molecule has 6 nitrogen and oxygen atoms in total. The number of aliphatic hydroxyl groups is 2. The van der Waals surface area contributed by atoms with Crippen LogP contribution >= 0.6 is 0 Å². The number of ether oxygens (including phenoxy) is 1. The number of allylic oxidation sites excluding steroid dienone is 3. The van der Waals surface area contributed by atoms with Gasteiger partial charge in [0.25, 0.3) is 0 Å². The van der Waals surface area contributed by atoms with Crippen LogP contribution in [0.5, 0.6) is 0 Å². The van der Waals surface area contributed by atoms with Crippen LogP contribution in [0.4, 0.5) is 0 Å². The highest BCUT2D eigenvalue weighted by Crippen LogP contribution is 2.19. The third kappa shape index (κ3) is 61.6. The number of hydrogen-bond acceptors (Lipinski definition) is 5. The first-order valence-corrected chi connectivity index (χ1v) is 34.6. The Morgan fingerprint density at radius 2 is 0.618 bits per heavy atom. The fourth-order valence-electron chi connectivity index (χ4n) is 10.9. The molecule has 0 aromatic carbocycles. The molecule has 0 rings (SSSR count). The third-order valence-corrected chi connectivity index (χ3v) is 16.2. The highest BCUT2D eigenvalue weighted by atomic mass is 16.5. The molecule has 0 aliphatic rings. The monoisotopic (exact) mass is 1070 g/mol. The second-order valence-corrected chi connectivity index (χ2v) is 23.9. The number of aliphatic hydroxyl groups excluding tert-OH is 2. The van der Waals surface area contributed by atoms with E-state index in [2.05, 4.69) is 31.3 Å². The molecule has 0 heterocycles. The van der Waals surface area contributed by atoms with Crippen molar-refractivity contribution < 1.29 is 24.5 Å². The second kappa shape index (κ2) is 65.9. The van der Waals surface area contributed by atoms with Gasteiger partial charge in [-0.2, -0.15) is 0 Å². The number of amides is 1. The molecular formula is C70H135NO5. The first kappa shape index (κ1) is 74.3. The largest absolute Gasteiger partial charge is 0.466 e. The number of esters is 1. The highest BCUT2D eigenvalue weighted by Gasteiger charge is 2.18. The van der Waals surface area contributed by atoms with Crippen molar-refractivity contribution in [1.82, 2.24) is 5.32 Å². The second-order valence-electron chi connectivity index (χ2n) is 23.9. The van der Waals surface area contributed by atoms with Crippen molar-refractivity contribution >= 4 is 11.9 Å². The van der Waals surface area contributed by atoms with Gasteiger partial charge in [0, 0.05) is 12.8 Å². The minimum absolute atomic E-state index is 0.0142. The Kier molecular flexibility index (Phi) is 64.4. The quantitative estimate of drug-likeness (QED) is 0.0320. The smallest absolute Gasteiger partial charge is 0.305 e. The lowest BCUT2D eigenvalue weighted by atomic mass is 10.0. The summed E-state index contributed by atoms with van der Waals surface area (Å²) < 4.78 is 5.51. The molecule has 0 aromatic rings. The van der Waals surface area contributed by atoms with Gasteiger partial charge in [0.05, 0.1) is 25.4 Å². The number of unbranched alkanes of at least 4 members (excludes halogenated alkanes) is 52. The maximum atomic E-state index is 12.5. The zero-order chi connectivity index (χ0) is 55.0. The molecule has 0 aliphatic carbocycles. The van der Waals surface area contributed by atoms with Crippen LogP contribution in [0.1, 0.15) is 386 Å². The Hall–Kier alpha value is -1.66. The summed E-state index contributed by atoms with van der Waals surface area (Å²) in [5.74, 6) is -0.0502. The van der Waals surface area contributed by atoms with Crippen molar-refractivity contribution in [3.63, 3.8) is 0 Å². The average molecular weight is 1070 g/mol. The van der Waals surface area contributed by atoms with Crippen LogP contribution in [-0.2, 0) is 14.3 Å². The van der Waals surface area contributed by atoms with Crippen molar-refractivity contribution in [2.75, 3.05) is 13.2 Å². The molecule has 76 heavy (non-hydrogen) atoms. The molecule has 1 amide bonds. The molecule has 450 valence electrons. The van der Waals surface area contributed by atoms with Gasteiger partial charge in [-0.25, -0.2) is 0 Å². The van der Waals surface area contributed by atoms with Crippen molar-refractivity contribution in [2.24, 2.45) is 0 Å². The fourth-order valence-corrected chi connectivity index (χ4v) is 10.9. The van der Waals surface area contributed by atoms with Crippen molar-refractivity contribution in [1.29, 1.82) is 0 Å². The van der Waals surface area contributed by atoms with Crippen LogP contribution in [0.3, 0.4) is 0 Å². The van der Waals surface area contributed by atoms with E-state index in [0.29, 0.717) is 19.4 Å². The van der Waals surface area contributed by atoms with Gasteiger partial charge in [-0.1, -0.05) is 340 Å². The topological polar surface area (TPSA) is 95.9 Å². The molecule has 3 N–H and O–H groups in total. The summed E-state index contributed by atoms with van der Waals surface area (Å²) in [7, 11) is 0. The average Bonchev–Trinajstić information content (AvgIpc) is 3.42. The normalized spacial score (nSPS) is 12.6. The molecule has 6 heteroatoms. The molecular weight excluding hydrogens is 935 g/mol. The van der Waals surface area contributed by atoms with Crippen LogP contribution in [0.25, 0.3) is 0 Å². The number of carbonyl (C=O) groups is 2. The molecule has 2 unspecified atom stereocenters. The first-order valence-electron chi connectivity index (χ1n) is 34.6. The molecule has 0 saturated carbocycles. The van der Waals surface area contributed by atoms with Crippen LogP contribution < -0.4 is 5.32 Å². The van der Waals surface area contributed by atoms with E-state index in [1.165, 1.54) is 315 Å². The Morgan fingerprint density at radius 3 is 0.934 bits per heavy atom. The van der Waals surface area contributed by atoms with E-state index in [1.54, 1.807) is 6.08 Å². The summed E-state index contributed by atoms with van der Waals surface area (Å²) in [6.07, 6.45) is 82.4. The SMILES string of the molecule is CCCCCCCC/C=C\CCCCCCCCCCCC(=O)OCCCCCCCCCCCCCCCCCCCCCCCCCC(=O)NC(CO)C(O)/C=C/CCCCCCCCCCCCCCCCC. The van der Waals surface area contributed by atoms with Crippen LogP contribution in [-0.4, -0.2) is 47.4 Å². The zero-order valence-electron chi connectivity index (χ0n) is 51.5. The van der Waals surface area contributed by atoms with E-state index >= 15 is 0 Å². The van der Waals surface area contributed by atoms with Gasteiger partial charge < -0.3 is 20.3 Å². The first-order chi connectivity index (χ1) is 37.5. The number of hydrogen-bond donors (Lipinski definition) is 3. The minimum Gasteiger partial charge on any atom is -0.466 e. The maximum Gasteiger partial charge on any atom is 0.305 e. The highest BCUT2D eigenvalue weighted by molar-refractivity contribution is 5.76. The Balaban J connectivity index is 3.37. The standard InChI is InChI=1S/C70H135NO5/c1-3-5-7-9-11-13-15-17-19-21-27-32-36-40-44-48-52-56-60-64-70(75)76-65-61-57-53-49-45-41-37-33-29-26-24-22-23-25-28-31-35-39-43-47-51-55-59-63-69(74)71-67(66-72)68(73)62-58-54-50-46-42-38-34-30-20-18-16-14-12-10-8-6-4-2/h17,19,58,62,67-68,72-73H,3-16,18,20-57,59-61,63-66H2,1-2H3,(H,71,74)/b19-17-,62-58+. The molecule has 0 saturated heterocycles. The number of nitrogens with one attached hydrogen (secondary N) is 1. The summed E-state index contributed by atoms with van der Waals surface area (Å²) in [5.41, 5.74) is 0. The van der Waals surface area contributed by atoms with Crippen molar-refractivity contribution in [3.05, 3.63) is 24.3 Å². The van der Waals surface area contributed by atoms with E-state index in [-0.39, 0.29) is 18.5 Å². The van der Waals surface area contributed by atoms with Gasteiger partial charge >= 0.3 is 5.97 Å². The predicted molar refractivity (Wildman–Crippen MR) is 333 cm³/mol. The molecule has 0 aromatic heterocycles. The predicted octanol–water partition coefficient (Wildman–Crippen LogP) is 22.1. The number of rotatable bonds is 65. The lowest BCUT2D eigenvalue weighted by Crippen LogP contribution is -2.45. The third-order valence-electron chi connectivity index (χ3n) is 16.2. The van der Waals surface area contributed by atoms with Crippen molar-refractivity contribution in [3.8, 4) is 0 Å². The molecule has 0 aliphatic heterocycles. The number of carbonyl (C=O) groups excluding carboxylic acids is 2. The zero-order valence-corrected chi connectivity index (χ0v) is 51.5. The Morgan fingerprint density at radius 1 is 0.355 bits per heavy atom. The van der Waals surface area contributed by atoms with E-state index in [4.69, 9.17) is 4.74 Å². The van der Waals surface area contributed by atoms with E-state index < -0.39 is 12.1 Å². The molecule has 0 bridgehead atoms. The van der Waals surface area contributed by atoms with E-state index in [9.17, 15) is 19.8 Å². The Bertz CT molecular complexity index is 1190. The minimum atomic E-state index is -0.844. The molecule has 0 fully saturated rings. The van der Waals surface area contributed by atoms with Gasteiger partial charge in [0.15, 0.2) is 0 Å². The summed E-state index contributed by atoms with van der Waals surface area (Å²) in [5, 5.41) is 23.2. The maximum absolute atomic E-state index is 12.5. The lowest BCUT2D eigenvalue weighted by molar-refractivity contribution is -0.143. The van der Waals surface area contributed by atoms with Gasteiger partial charge in [-0.3, -0.25) is 9.59 Å². The van der Waals surface area contributed by atoms with Gasteiger partial charge in [0.1, 0.15) is 0 Å². The van der Waals surface area contributed by atoms with E-state index in [1.807, 2.05) is 6.08 Å². The van der Waals surface area contributed by atoms with Crippen molar-refractivity contribution in [2.45, 2.75) is 398 Å².